The molecule has 1 atom stereocenters. The summed E-state index contributed by atoms with van der Waals surface area (Å²) in [6, 6.07) is 8.40. The average Bonchev–Trinajstić information content (AvgIpc) is 2.43. The number of anilines is 1. The lowest BCUT2D eigenvalue weighted by atomic mass is 10.0. The molecule has 6 heteroatoms. The molecular weight excluding hydrogens is 352 g/mol. The molecule has 0 fully saturated rings. The lowest BCUT2D eigenvalue weighted by Gasteiger charge is -2.27. The van der Waals surface area contributed by atoms with Gasteiger partial charge in [0, 0.05) is 15.7 Å². The lowest BCUT2D eigenvalue weighted by molar-refractivity contribution is 0.585. The Hall–Kier alpha value is -0.610. The maximum absolute atomic E-state index is 13.9. The molecule has 1 heterocycles. The molecule has 1 aliphatic heterocycles. The first kappa shape index (κ1) is 15.3. The zero-order valence-electron chi connectivity index (χ0n) is 10.8. The quantitative estimate of drug-likeness (QED) is 0.660. The zero-order valence-corrected chi connectivity index (χ0v) is 13.9. The Morgan fingerprint density at radius 1 is 1.14 bits per heavy atom. The van der Waals surface area contributed by atoms with Crippen molar-refractivity contribution in [2.45, 2.75) is 17.4 Å². The van der Waals surface area contributed by atoms with Crippen LogP contribution in [-0.2, 0) is 0 Å². The monoisotopic (exact) mass is 361 g/mol. The lowest BCUT2D eigenvalue weighted by Crippen LogP contribution is -2.17. The number of fused-ring (bicyclic) bond motifs is 1. The Bertz CT molecular complexity index is 670. The van der Waals surface area contributed by atoms with Crippen LogP contribution in [0.1, 0.15) is 18.0 Å². The molecule has 0 saturated heterocycles. The largest absolute Gasteiger partial charge is 0.376 e. The van der Waals surface area contributed by atoms with Crippen LogP contribution in [0.5, 0.6) is 0 Å². The zero-order chi connectivity index (χ0) is 15.0. The van der Waals surface area contributed by atoms with Gasteiger partial charge in [-0.3, -0.25) is 0 Å². The molecule has 0 aliphatic carbocycles. The molecule has 21 heavy (non-hydrogen) atoms. The van der Waals surface area contributed by atoms with Crippen molar-refractivity contribution in [1.82, 2.24) is 0 Å². The summed E-state index contributed by atoms with van der Waals surface area (Å²) in [5.74, 6) is 0.659. The van der Waals surface area contributed by atoms with E-state index < -0.39 is 0 Å². The molecule has 110 valence electrons. The average molecular weight is 363 g/mol. The summed E-state index contributed by atoms with van der Waals surface area (Å²) in [6.07, 6.45) is 0.871. The minimum absolute atomic E-state index is 0.0203. The van der Waals surface area contributed by atoms with Crippen LogP contribution in [0.4, 0.5) is 10.1 Å². The smallest absolute Gasteiger partial charge is 0.137 e. The molecule has 2 aromatic rings. The van der Waals surface area contributed by atoms with E-state index in [4.69, 9.17) is 34.8 Å². The van der Waals surface area contributed by atoms with Crippen LogP contribution in [0, 0.1) is 5.82 Å². The van der Waals surface area contributed by atoms with E-state index in [1.54, 1.807) is 18.2 Å². The summed E-state index contributed by atoms with van der Waals surface area (Å²) < 4.78 is 13.9. The van der Waals surface area contributed by atoms with E-state index in [1.165, 1.54) is 17.8 Å². The van der Waals surface area contributed by atoms with Crippen molar-refractivity contribution in [2.75, 3.05) is 11.1 Å². The number of halogens is 4. The maximum Gasteiger partial charge on any atom is 0.137 e. The van der Waals surface area contributed by atoms with E-state index in [1.807, 2.05) is 6.07 Å². The van der Waals surface area contributed by atoms with Gasteiger partial charge in [0.2, 0.25) is 0 Å². The first-order valence-corrected chi connectivity index (χ1v) is 8.50. The Morgan fingerprint density at radius 2 is 1.86 bits per heavy atom. The highest BCUT2D eigenvalue weighted by atomic mass is 35.5. The molecule has 1 N–H and O–H groups in total. The number of hydrogen-bond acceptors (Lipinski definition) is 2. The van der Waals surface area contributed by atoms with Crippen molar-refractivity contribution in [3.05, 3.63) is 56.8 Å². The van der Waals surface area contributed by atoms with E-state index in [-0.39, 0.29) is 11.9 Å². The Balaban J connectivity index is 1.96. The minimum Gasteiger partial charge on any atom is -0.376 e. The third-order valence-electron chi connectivity index (χ3n) is 3.35. The van der Waals surface area contributed by atoms with Crippen LogP contribution in [0.2, 0.25) is 15.1 Å². The van der Waals surface area contributed by atoms with Crippen LogP contribution >= 0.6 is 46.6 Å². The Morgan fingerprint density at radius 3 is 2.57 bits per heavy atom. The van der Waals surface area contributed by atoms with Crippen LogP contribution in [0.15, 0.2) is 35.2 Å². The summed E-state index contributed by atoms with van der Waals surface area (Å²) in [5, 5.41) is 4.74. The topological polar surface area (TPSA) is 12.0 Å². The fraction of sp³-hybridized carbons (Fsp3) is 0.200. The van der Waals surface area contributed by atoms with Crippen molar-refractivity contribution in [3.8, 4) is 0 Å². The third-order valence-corrected chi connectivity index (χ3v) is 5.32. The number of rotatable bonds is 2. The third kappa shape index (κ3) is 3.11. The molecule has 0 spiro atoms. The van der Waals surface area contributed by atoms with Crippen molar-refractivity contribution in [3.63, 3.8) is 0 Å². The summed E-state index contributed by atoms with van der Waals surface area (Å²) in [7, 11) is 0. The molecule has 0 radical (unpaired) electrons. The van der Waals surface area contributed by atoms with Gasteiger partial charge in [0.15, 0.2) is 0 Å². The van der Waals surface area contributed by atoms with Gasteiger partial charge in [0.1, 0.15) is 5.82 Å². The van der Waals surface area contributed by atoms with Gasteiger partial charge < -0.3 is 5.32 Å². The fourth-order valence-electron chi connectivity index (χ4n) is 2.39. The van der Waals surface area contributed by atoms with Crippen LogP contribution in [0.3, 0.4) is 0 Å². The molecule has 0 amide bonds. The van der Waals surface area contributed by atoms with Crippen molar-refractivity contribution in [1.29, 1.82) is 0 Å². The molecule has 0 aromatic heterocycles. The van der Waals surface area contributed by atoms with E-state index in [0.717, 1.165) is 17.7 Å². The maximum atomic E-state index is 13.9. The number of thioether (sulfide) groups is 1. The Labute approximate surface area is 141 Å². The molecule has 3 rings (SSSR count). The van der Waals surface area contributed by atoms with Gasteiger partial charge in [-0.1, -0.05) is 46.9 Å². The molecule has 1 unspecified atom stereocenters. The highest BCUT2D eigenvalue weighted by molar-refractivity contribution is 7.99. The van der Waals surface area contributed by atoms with Crippen molar-refractivity contribution >= 4 is 52.3 Å². The number of nitrogens with one attached hydrogen (secondary N) is 1. The molecule has 0 saturated carbocycles. The SMILES string of the molecule is Fc1cccc2c1SCCC2Nc1c(Cl)cc(Cl)cc1Cl. The second-order valence-electron chi connectivity index (χ2n) is 4.74. The minimum atomic E-state index is -0.183. The Kier molecular flexibility index (Phi) is 4.55. The van der Waals surface area contributed by atoms with Crippen molar-refractivity contribution in [2.24, 2.45) is 0 Å². The van der Waals surface area contributed by atoms with Crippen LogP contribution in [0.25, 0.3) is 0 Å². The second kappa shape index (κ2) is 6.25. The molecule has 1 aliphatic rings. The first-order valence-electron chi connectivity index (χ1n) is 6.38. The predicted octanol–water partition coefficient (Wildman–Crippen LogP) is 6.43. The van der Waals surface area contributed by atoms with Gasteiger partial charge in [-0.25, -0.2) is 4.39 Å². The van der Waals surface area contributed by atoms with E-state index in [9.17, 15) is 4.39 Å². The summed E-state index contributed by atoms with van der Waals surface area (Å²) in [6.45, 7) is 0. The van der Waals surface area contributed by atoms with E-state index >= 15 is 0 Å². The molecule has 1 nitrogen and oxygen atoms in total. The summed E-state index contributed by atoms with van der Waals surface area (Å²) in [5.41, 5.74) is 1.57. The highest BCUT2D eigenvalue weighted by Crippen LogP contribution is 2.42. The number of benzene rings is 2. The molecular formula is C15H11Cl3FNS. The normalized spacial score (nSPS) is 17.4. The predicted molar refractivity (Wildman–Crippen MR) is 89.6 cm³/mol. The standard InChI is InChI=1S/C15H11Cl3FNS/c16-8-6-10(17)14(11(18)7-8)20-13-4-5-21-15-9(13)2-1-3-12(15)19/h1-3,6-7,13,20H,4-5H2. The van der Waals surface area contributed by atoms with Crippen LogP contribution in [-0.4, -0.2) is 5.75 Å². The van der Waals surface area contributed by atoms with Gasteiger partial charge >= 0.3 is 0 Å². The van der Waals surface area contributed by atoms with E-state index in [2.05, 4.69) is 5.32 Å². The van der Waals surface area contributed by atoms with Gasteiger partial charge in [-0.15, -0.1) is 11.8 Å². The molecule has 0 bridgehead atoms. The second-order valence-corrected chi connectivity index (χ2v) is 7.09. The highest BCUT2D eigenvalue weighted by Gasteiger charge is 2.24. The van der Waals surface area contributed by atoms with Crippen LogP contribution < -0.4 is 5.32 Å². The van der Waals surface area contributed by atoms with Gasteiger partial charge in [-0.2, -0.15) is 0 Å². The summed E-state index contributed by atoms with van der Waals surface area (Å²) >= 11 is 19.9. The molecule has 2 aromatic carbocycles. The van der Waals surface area contributed by atoms with Crippen molar-refractivity contribution < 1.29 is 4.39 Å². The number of hydrogen-bond donors (Lipinski definition) is 1. The van der Waals surface area contributed by atoms with Gasteiger partial charge in [-0.05, 0) is 30.2 Å². The van der Waals surface area contributed by atoms with Gasteiger partial charge in [0.05, 0.1) is 21.8 Å². The fourth-order valence-corrected chi connectivity index (χ4v) is 4.46. The first-order chi connectivity index (χ1) is 10.1. The van der Waals surface area contributed by atoms with Gasteiger partial charge in [0.25, 0.3) is 0 Å². The summed E-state index contributed by atoms with van der Waals surface area (Å²) in [4.78, 5) is 0.697. The van der Waals surface area contributed by atoms with E-state index in [0.29, 0.717) is 25.7 Å².